The zero-order valence-electron chi connectivity index (χ0n) is 17.9. The van der Waals surface area contributed by atoms with Crippen molar-refractivity contribution in [3.05, 3.63) is 131 Å². The molecular weight excluding hydrogens is 396 g/mol. The molecule has 3 aromatic carbocycles. The molecule has 0 aliphatic heterocycles. The Morgan fingerprint density at radius 3 is 2.44 bits per heavy atom. The van der Waals surface area contributed by atoms with Crippen LogP contribution in [0.3, 0.4) is 0 Å². The average Bonchev–Trinajstić information content (AvgIpc) is 2.81. The van der Waals surface area contributed by atoms with Gasteiger partial charge in [-0.2, -0.15) is 4.73 Å². The molecule has 4 rings (SSSR count). The van der Waals surface area contributed by atoms with Crippen molar-refractivity contribution in [2.24, 2.45) is 0 Å². The molecule has 158 valence electrons. The first kappa shape index (κ1) is 21.1. The van der Waals surface area contributed by atoms with E-state index >= 15 is 0 Å². The van der Waals surface area contributed by atoms with Crippen LogP contribution >= 0.6 is 0 Å². The van der Waals surface area contributed by atoms with Gasteiger partial charge in [0.05, 0.1) is 6.42 Å². The molecule has 0 atom stereocenters. The summed E-state index contributed by atoms with van der Waals surface area (Å²) in [5.74, 6) is -0.195. The lowest BCUT2D eigenvalue weighted by atomic mass is 10.0. The number of hydrogen-bond acceptors (Lipinski definition) is 2. The van der Waals surface area contributed by atoms with Crippen LogP contribution in [0.25, 0.3) is 17.2 Å². The van der Waals surface area contributed by atoms with E-state index in [1.54, 1.807) is 12.1 Å². The molecule has 1 heterocycles. The van der Waals surface area contributed by atoms with Gasteiger partial charge in [-0.3, -0.25) is 4.79 Å². The van der Waals surface area contributed by atoms with Gasteiger partial charge < -0.3 is 10.5 Å². The SMILES string of the molecule is Cc1ccc(-c2cccc(C=CC(=O)Nc3ccc(Cc4cccc[n+]4[O-])cc3)c2)cc1. The van der Waals surface area contributed by atoms with Crippen LogP contribution in [0.4, 0.5) is 5.69 Å². The molecule has 0 unspecified atom stereocenters. The Morgan fingerprint density at radius 1 is 0.906 bits per heavy atom. The predicted molar refractivity (Wildman–Crippen MR) is 129 cm³/mol. The summed E-state index contributed by atoms with van der Waals surface area (Å²) in [6, 6.07) is 29.4. The summed E-state index contributed by atoms with van der Waals surface area (Å²) in [5, 5.41) is 14.7. The highest BCUT2D eigenvalue weighted by molar-refractivity contribution is 6.02. The molecule has 0 spiro atoms. The maximum absolute atomic E-state index is 12.4. The van der Waals surface area contributed by atoms with Gasteiger partial charge in [-0.1, -0.05) is 66.2 Å². The molecule has 0 saturated heterocycles. The molecule has 1 aromatic heterocycles. The van der Waals surface area contributed by atoms with E-state index in [4.69, 9.17) is 0 Å². The van der Waals surface area contributed by atoms with E-state index in [1.807, 2.05) is 48.5 Å². The first-order chi connectivity index (χ1) is 15.6. The van der Waals surface area contributed by atoms with Gasteiger partial charge in [0.1, 0.15) is 0 Å². The molecule has 1 amide bonds. The van der Waals surface area contributed by atoms with Gasteiger partial charge in [0, 0.05) is 23.9 Å². The number of nitrogens with zero attached hydrogens (tertiary/aromatic N) is 1. The second-order valence-corrected chi connectivity index (χ2v) is 7.71. The Morgan fingerprint density at radius 2 is 1.69 bits per heavy atom. The van der Waals surface area contributed by atoms with Gasteiger partial charge in [-0.25, -0.2) is 0 Å². The minimum atomic E-state index is -0.195. The van der Waals surface area contributed by atoms with E-state index in [-0.39, 0.29) is 5.91 Å². The van der Waals surface area contributed by atoms with Crippen LogP contribution in [0.5, 0.6) is 0 Å². The van der Waals surface area contributed by atoms with Crippen LogP contribution in [0.2, 0.25) is 0 Å². The minimum Gasteiger partial charge on any atom is -0.618 e. The highest BCUT2D eigenvalue weighted by atomic mass is 16.5. The number of carbonyl (C=O) groups is 1. The van der Waals surface area contributed by atoms with E-state index in [2.05, 4.69) is 48.6 Å². The quantitative estimate of drug-likeness (QED) is 0.253. The van der Waals surface area contributed by atoms with Crippen molar-refractivity contribution in [2.45, 2.75) is 13.3 Å². The van der Waals surface area contributed by atoms with Gasteiger partial charge >= 0.3 is 0 Å². The Balaban J connectivity index is 1.38. The van der Waals surface area contributed by atoms with Crippen molar-refractivity contribution in [1.29, 1.82) is 0 Å². The number of pyridine rings is 1. The highest BCUT2D eigenvalue weighted by Gasteiger charge is 2.06. The van der Waals surface area contributed by atoms with Gasteiger partial charge in [0.25, 0.3) is 0 Å². The number of aryl methyl sites for hydroxylation is 1. The summed E-state index contributed by atoms with van der Waals surface area (Å²) in [6.45, 7) is 2.07. The van der Waals surface area contributed by atoms with Gasteiger partial charge in [-0.05, 0) is 53.5 Å². The summed E-state index contributed by atoms with van der Waals surface area (Å²) in [4.78, 5) is 12.4. The van der Waals surface area contributed by atoms with E-state index in [0.717, 1.165) is 27.0 Å². The van der Waals surface area contributed by atoms with E-state index in [1.165, 1.54) is 17.8 Å². The molecule has 0 aliphatic carbocycles. The molecule has 0 aliphatic rings. The third kappa shape index (κ3) is 5.49. The van der Waals surface area contributed by atoms with Crippen LogP contribution in [0.15, 0.2) is 103 Å². The fourth-order valence-electron chi connectivity index (χ4n) is 3.44. The number of nitrogens with one attached hydrogen (secondary N) is 1. The third-order valence-electron chi connectivity index (χ3n) is 5.21. The Hall–Kier alpha value is -4.18. The fraction of sp³-hybridized carbons (Fsp3) is 0.0714. The largest absolute Gasteiger partial charge is 0.618 e. The van der Waals surface area contributed by atoms with E-state index in [9.17, 15) is 10.0 Å². The van der Waals surface area contributed by atoms with Gasteiger partial charge in [0.15, 0.2) is 11.9 Å². The summed E-state index contributed by atoms with van der Waals surface area (Å²) >= 11 is 0. The number of amides is 1. The monoisotopic (exact) mass is 420 g/mol. The molecule has 4 nitrogen and oxygen atoms in total. The van der Waals surface area contributed by atoms with Crippen LogP contribution in [0.1, 0.15) is 22.4 Å². The Kier molecular flexibility index (Phi) is 6.42. The van der Waals surface area contributed by atoms with Gasteiger partial charge in [0.2, 0.25) is 5.91 Å². The van der Waals surface area contributed by atoms with Crippen molar-refractivity contribution in [3.63, 3.8) is 0 Å². The predicted octanol–water partition coefficient (Wildman–Crippen LogP) is 5.54. The fourth-order valence-corrected chi connectivity index (χ4v) is 3.44. The molecule has 4 aromatic rings. The number of aromatic nitrogens is 1. The second kappa shape index (κ2) is 9.75. The normalized spacial score (nSPS) is 10.9. The van der Waals surface area contributed by atoms with Crippen molar-refractivity contribution in [3.8, 4) is 11.1 Å². The van der Waals surface area contributed by atoms with Crippen LogP contribution < -0.4 is 10.0 Å². The summed E-state index contributed by atoms with van der Waals surface area (Å²) in [6.07, 6.45) is 5.37. The number of rotatable bonds is 6. The van der Waals surface area contributed by atoms with Crippen LogP contribution in [-0.2, 0) is 11.2 Å². The number of carbonyl (C=O) groups excluding carboxylic acids is 1. The average molecular weight is 421 g/mol. The summed E-state index contributed by atoms with van der Waals surface area (Å²) < 4.78 is 0.869. The Bertz CT molecular complexity index is 1240. The molecule has 1 N–H and O–H groups in total. The molecule has 32 heavy (non-hydrogen) atoms. The lowest BCUT2D eigenvalue weighted by molar-refractivity contribution is -0.613. The van der Waals surface area contributed by atoms with Crippen molar-refractivity contribution in [2.75, 3.05) is 5.32 Å². The molecule has 0 fully saturated rings. The van der Waals surface area contributed by atoms with Crippen molar-refractivity contribution >= 4 is 17.7 Å². The summed E-state index contributed by atoms with van der Waals surface area (Å²) in [5.41, 5.74) is 6.84. The highest BCUT2D eigenvalue weighted by Crippen LogP contribution is 2.21. The zero-order valence-corrected chi connectivity index (χ0v) is 17.9. The molecule has 4 heteroatoms. The molecule has 0 radical (unpaired) electrons. The smallest absolute Gasteiger partial charge is 0.248 e. The first-order valence-electron chi connectivity index (χ1n) is 10.5. The van der Waals surface area contributed by atoms with Crippen LogP contribution in [0, 0.1) is 12.1 Å². The maximum atomic E-state index is 12.4. The molecule has 0 saturated carbocycles. The topological polar surface area (TPSA) is 56.0 Å². The van der Waals surface area contributed by atoms with Crippen LogP contribution in [-0.4, -0.2) is 5.91 Å². The van der Waals surface area contributed by atoms with Crippen molar-refractivity contribution < 1.29 is 9.52 Å². The minimum absolute atomic E-state index is 0.195. The first-order valence-corrected chi connectivity index (χ1v) is 10.5. The number of hydrogen-bond donors (Lipinski definition) is 1. The lowest BCUT2D eigenvalue weighted by Crippen LogP contribution is -2.30. The van der Waals surface area contributed by atoms with Gasteiger partial charge in [-0.15, -0.1) is 0 Å². The molecular formula is C28H24N2O2. The van der Waals surface area contributed by atoms with E-state index in [0.29, 0.717) is 17.8 Å². The molecule has 0 bridgehead atoms. The third-order valence-corrected chi connectivity index (χ3v) is 5.21. The lowest BCUT2D eigenvalue weighted by Gasteiger charge is -2.06. The number of anilines is 1. The zero-order chi connectivity index (χ0) is 22.3. The number of benzene rings is 3. The maximum Gasteiger partial charge on any atom is 0.248 e. The summed E-state index contributed by atoms with van der Waals surface area (Å²) in [7, 11) is 0. The van der Waals surface area contributed by atoms with Crippen molar-refractivity contribution in [1.82, 2.24) is 0 Å². The second-order valence-electron chi connectivity index (χ2n) is 7.71. The van der Waals surface area contributed by atoms with E-state index < -0.39 is 0 Å². The Labute approximate surface area is 188 Å². The standard InChI is InChI=1S/C28H24N2O2/c1-21-8-13-24(14-9-21)25-6-4-5-22(19-25)12-17-28(31)29-26-15-10-23(11-16-26)20-27-7-2-3-18-30(27)32/h2-19H,20H2,1H3,(H,29,31).